The van der Waals surface area contributed by atoms with Crippen molar-refractivity contribution in [3.63, 3.8) is 0 Å². The zero-order valence-electron chi connectivity index (χ0n) is 13.8. The number of amides is 1. The fourth-order valence-corrected chi connectivity index (χ4v) is 2.93. The summed E-state index contributed by atoms with van der Waals surface area (Å²) in [5.41, 5.74) is -0.905. The molecule has 1 fully saturated rings. The molecule has 1 unspecified atom stereocenters. The van der Waals surface area contributed by atoms with Gasteiger partial charge >= 0.3 is 6.18 Å². The van der Waals surface area contributed by atoms with Crippen LogP contribution in [0.5, 0.6) is 0 Å². The quantitative estimate of drug-likeness (QED) is 0.682. The average Bonchev–Trinajstić information content (AvgIpc) is 2.56. The van der Waals surface area contributed by atoms with Gasteiger partial charge in [-0.05, 0) is 44.3 Å². The van der Waals surface area contributed by atoms with E-state index in [1.807, 2.05) is 0 Å². The standard InChI is InChI=1S/C16H22ClF3N4O/c17-13-8-12(16(18,19)20)10-24-15(13)23-7-4-14(25)22-6-3-11-2-1-5-21-9-11/h8,10-11,21H,1-7,9H2,(H,22,25)(H,23,24). The summed E-state index contributed by atoms with van der Waals surface area (Å²) < 4.78 is 37.6. The first-order valence-corrected chi connectivity index (χ1v) is 8.68. The molecule has 1 aliphatic rings. The number of carbonyl (C=O) groups is 1. The van der Waals surface area contributed by atoms with E-state index >= 15 is 0 Å². The molecule has 2 heterocycles. The van der Waals surface area contributed by atoms with E-state index in [1.165, 1.54) is 12.8 Å². The predicted molar refractivity (Wildman–Crippen MR) is 90.6 cm³/mol. The Morgan fingerprint density at radius 3 is 2.84 bits per heavy atom. The molecule has 1 amide bonds. The Morgan fingerprint density at radius 1 is 1.40 bits per heavy atom. The molecule has 5 nitrogen and oxygen atoms in total. The minimum absolute atomic E-state index is 0.112. The number of nitrogens with zero attached hydrogens (tertiary/aromatic N) is 1. The maximum Gasteiger partial charge on any atom is 0.417 e. The lowest BCUT2D eigenvalue weighted by atomic mass is 9.96. The smallest absolute Gasteiger partial charge is 0.368 e. The Hall–Kier alpha value is -1.54. The molecule has 1 aromatic heterocycles. The minimum Gasteiger partial charge on any atom is -0.368 e. The molecular weight excluding hydrogens is 357 g/mol. The molecule has 0 radical (unpaired) electrons. The second-order valence-corrected chi connectivity index (χ2v) is 6.49. The van der Waals surface area contributed by atoms with Crippen LogP contribution in [0.25, 0.3) is 0 Å². The summed E-state index contributed by atoms with van der Waals surface area (Å²) in [7, 11) is 0. The summed E-state index contributed by atoms with van der Waals surface area (Å²) in [4.78, 5) is 15.4. The number of rotatable bonds is 7. The van der Waals surface area contributed by atoms with Crippen LogP contribution in [0.2, 0.25) is 5.02 Å². The zero-order valence-corrected chi connectivity index (χ0v) is 14.5. The third kappa shape index (κ3) is 6.70. The monoisotopic (exact) mass is 378 g/mol. The highest BCUT2D eigenvalue weighted by atomic mass is 35.5. The van der Waals surface area contributed by atoms with Crippen LogP contribution in [0.15, 0.2) is 12.3 Å². The van der Waals surface area contributed by atoms with Crippen LogP contribution < -0.4 is 16.0 Å². The number of nitrogens with one attached hydrogen (secondary N) is 3. The molecular formula is C16H22ClF3N4O. The van der Waals surface area contributed by atoms with Gasteiger partial charge in [0.1, 0.15) is 5.82 Å². The fourth-order valence-electron chi connectivity index (χ4n) is 2.69. The van der Waals surface area contributed by atoms with E-state index in [9.17, 15) is 18.0 Å². The van der Waals surface area contributed by atoms with E-state index in [4.69, 9.17) is 11.6 Å². The van der Waals surface area contributed by atoms with Gasteiger partial charge in [0.2, 0.25) is 5.91 Å². The molecule has 0 bridgehead atoms. The lowest BCUT2D eigenvalue weighted by Gasteiger charge is -2.22. The molecule has 140 valence electrons. The van der Waals surface area contributed by atoms with Crippen molar-refractivity contribution in [3.8, 4) is 0 Å². The highest BCUT2D eigenvalue weighted by Gasteiger charge is 2.31. The van der Waals surface area contributed by atoms with Crippen LogP contribution in [0.1, 0.15) is 31.2 Å². The number of aromatic nitrogens is 1. The van der Waals surface area contributed by atoms with Crippen LogP contribution in [0.3, 0.4) is 0 Å². The molecule has 3 N–H and O–H groups in total. The Kier molecular flexibility index (Phi) is 7.31. The van der Waals surface area contributed by atoms with Crippen LogP contribution >= 0.6 is 11.6 Å². The summed E-state index contributed by atoms with van der Waals surface area (Å²) in [6.07, 6.45) is -0.276. The van der Waals surface area contributed by atoms with Crippen LogP contribution in [0, 0.1) is 5.92 Å². The van der Waals surface area contributed by atoms with E-state index in [0.29, 0.717) is 18.7 Å². The number of anilines is 1. The van der Waals surface area contributed by atoms with Gasteiger partial charge in [0.05, 0.1) is 10.6 Å². The summed E-state index contributed by atoms with van der Waals surface area (Å²) in [6, 6.07) is 0.815. The lowest BCUT2D eigenvalue weighted by molar-refractivity contribution is -0.137. The number of alkyl halides is 3. The molecule has 0 saturated carbocycles. The lowest BCUT2D eigenvalue weighted by Crippen LogP contribution is -2.33. The van der Waals surface area contributed by atoms with Crippen molar-refractivity contribution in [3.05, 3.63) is 22.8 Å². The van der Waals surface area contributed by atoms with Gasteiger partial charge in [-0.25, -0.2) is 4.98 Å². The van der Waals surface area contributed by atoms with Crippen molar-refractivity contribution in [2.75, 3.05) is 31.5 Å². The van der Waals surface area contributed by atoms with Gasteiger partial charge in [-0.15, -0.1) is 0 Å². The Morgan fingerprint density at radius 2 is 2.20 bits per heavy atom. The van der Waals surface area contributed by atoms with Gasteiger partial charge in [0.25, 0.3) is 0 Å². The first-order valence-electron chi connectivity index (χ1n) is 8.30. The highest BCUT2D eigenvalue weighted by Crippen LogP contribution is 2.32. The van der Waals surface area contributed by atoms with Crippen molar-refractivity contribution in [2.24, 2.45) is 5.92 Å². The first kappa shape index (κ1) is 19.8. The van der Waals surface area contributed by atoms with Crippen molar-refractivity contribution in [2.45, 2.75) is 31.9 Å². The normalized spacial score (nSPS) is 18.0. The summed E-state index contributed by atoms with van der Waals surface area (Å²) in [6.45, 7) is 2.93. The Balaban J connectivity index is 1.67. The van der Waals surface area contributed by atoms with Gasteiger partial charge in [-0.1, -0.05) is 11.6 Å². The Bertz CT molecular complexity index is 577. The number of hydrogen-bond donors (Lipinski definition) is 3. The van der Waals surface area contributed by atoms with E-state index in [-0.39, 0.29) is 29.7 Å². The largest absolute Gasteiger partial charge is 0.417 e. The number of piperidine rings is 1. The van der Waals surface area contributed by atoms with E-state index < -0.39 is 11.7 Å². The van der Waals surface area contributed by atoms with Crippen LogP contribution in [-0.4, -0.2) is 37.1 Å². The highest BCUT2D eigenvalue weighted by molar-refractivity contribution is 6.32. The molecule has 2 rings (SSSR count). The maximum absolute atomic E-state index is 12.5. The third-order valence-corrected chi connectivity index (χ3v) is 4.37. The van der Waals surface area contributed by atoms with Gasteiger partial charge < -0.3 is 16.0 Å². The summed E-state index contributed by atoms with van der Waals surface area (Å²) >= 11 is 5.79. The van der Waals surface area contributed by atoms with Crippen molar-refractivity contribution < 1.29 is 18.0 Å². The number of pyridine rings is 1. The zero-order chi connectivity index (χ0) is 18.3. The molecule has 25 heavy (non-hydrogen) atoms. The Labute approximate surface area is 149 Å². The van der Waals surface area contributed by atoms with E-state index in [2.05, 4.69) is 20.9 Å². The number of halogens is 4. The number of carbonyl (C=O) groups excluding carboxylic acids is 1. The molecule has 0 aliphatic carbocycles. The molecule has 0 spiro atoms. The van der Waals surface area contributed by atoms with Crippen LogP contribution in [-0.2, 0) is 11.0 Å². The SMILES string of the molecule is O=C(CCNc1ncc(C(F)(F)F)cc1Cl)NCCC1CCCNC1. The van der Waals surface area contributed by atoms with Crippen molar-refractivity contribution in [1.29, 1.82) is 0 Å². The molecule has 1 aliphatic heterocycles. The average molecular weight is 379 g/mol. The van der Waals surface area contributed by atoms with E-state index in [0.717, 1.165) is 25.6 Å². The second-order valence-electron chi connectivity index (χ2n) is 6.08. The van der Waals surface area contributed by atoms with Crippen LogP contribution in [0.4, 0.5) is 19.0 Å². The summed E-state index contributed by atoms with van der Waals surface area (Å²) in [5, 5.41) is 8.84. The molecule has 1 atom stereocenters. The first-order chi connectivity index (χ1) is 11.9. The molecule has 9 heteroatoms. The second kappa shape index (κ2) is 9.24. The number of hydrogen-bond acceptors (Lipinski definition) is 4. The maximum atomic E-state index is 12.5. The van der Waals surface area contributed by atoms with E-state index in [1.54, 1.807) is 0 Å². The fraction of sp³-hybridized carbons (Fsp3) is 0.625. The van der Waals surface area contributed by atoms with Crippen molar-refractivity contribution in [1.82, 2.24) is 15.6 Å². The van der Waals surface area contributed by atoms with Gasteiger partial charge in [0, 0.05) is 25.7 Å². The predicted octanol–water partition coefficient (Wildman–Crippen LogP) is 3.06. The summed E-state index contributed by atoms with van der Waals surface area (Å²) in [5.74, 6) is 0.623. The van der Waals surface area contributed by atoms with Gasteiger partial charge in [0.15, 0.2) is 0 Å². The molecule has 1 saturated heterocycles. The van der Waals surface area contributed by atoms with Gasteiger partial charge in [-0.2, -0.15) is 13.2 Å². The third-order valence-electron chi connectivity index (χ3n) is 4.09. The van der Waals surface area contributed by atoms with Crippen molar-refractivity contribution >= 4 is 23.3 Å². The molecule has 1 aromatic rings. The van der Waals surface area contributed by atoms with Gasteiger partial charge in [-0.3, -0.25) is 4.79 Å². The molecule has 0 aromatic carbocycles. The minimum atomic E-state index is -4.48. The topological polar surface area (TPSA) is 66.0 Å².